The normalized spacial score (nSPS) is 18.3. The first-order chi connectivity index (χ1) is 17.0. The minimum absolute atomic E-state index is 0.0380. The van der Waals surface area contributed by atoms with Gasteiger partial charge in [-0.2, -0.15) is 0 Å². The molecule has 0 bridgehead atoms. The Bertz CT molecular complexity index is 1200. The molecule has 2 aromatic heterocycles. The van der Waals surface area contributed by atoms with Crippen LogP contribution in [0, 0.1) is 17.2 Å². The lowest BCUT2D eigenvalue weighted by Gasteiger charge is -2.33. The zero-order chi connectivity index (χ0) is 24.4. The van der Waals surface area contributed by atoms with Gasteiger partial charge >= 0.3 is 17.8 Å². The summed E-state index contributed by atoms with van der Waals surface area (Å²) in [5.41, 5.74) is 1.40. The van der Waals surface area contributed by atoms with Gasteiger partial charge in [-0.25, -0.2) is 9.37 Å². The minimum atomic E-state index is -0.531. The Kier molecular flexibility index (Phi) is 6.19. The molecule has 182 valence electrons. The maximum Gasteiger partial charge on any atom is 0.313 e. The quantitative estimate of drug-likeness (QED) is 0.512. The van der Waals surface area contributed by atoms with E-state index in [2.05, 4.69) is 25.4 Å². The number of aromatic nitrogens is 3. The smallest absolute Gasteiger partial charge is 0.313 e. The van der Waals surface area contributed by atoms with E-state index in [0.717, 1.165) is 43.7 Å². The van der Waals surface area contributed by atoms with Crippen LogP contribution in [0.4, 0.5) is 15.9 Å². The Balaban J connectivity index is 1.13. The van der Waals surface area contributed by atoms with Crippen LogP contribution < -0.4 is 10.2 Å². The van der Waals surface area contributed by atoms with Crippen molar-refractivity contribution in [3.8, 4) is 0 Å². The van der Waals surface area contributed by atoms with E-state index >= 15 is 0 Å². The van der Waals surface area contributed by atoms with Gasteiger partial charge in [0.15, 0.2) is 0 Å². The topological polar surface area (TPSA) is 110 Å². The average molecular weight is 480 g/mol. The third kappa shape index (κ3) is 5.01. The lowest BCUT2D eigenvalue weighted by Crippen LogP contribution is -2.36. The number of esters is 1. The Morgan fingerprint density at radius 1 is 1.17 bits per heavy atom. The van der Waals surface area contributed by atoms with Crippen molar-refractivity contribution < 1.29 is 23.1 Å². The molecule has 9 nitrogen and oxygen atoms in total. The molecule has 10 heteroatoms. The van der Waals surface area contributed by atoms with Crippen LogP contribution in [0.3, 0.4) is 0 Å². The van der Waals surface area contributed by atoms with E-state index < -0.39 is 5.91 Å². The molecule has 1 saturated carbocycles. The van der Waals surface area contributed by atoms with Gasteiger partial charge in [0.25, 0.3) is 0 Å². The number of carbonyl (C=O) groups excluding carboxylic acids is 2. The van der Waals surface area contributed by atoms with E-state index in [1.807, 2.05) is 13.0 Å². The molecule has 1 unspecified atom stereocenters. The number of nitrogens with zero attached hydrogens (tertiary/aromatic N) is 4. The highest BCUT2D eigenvalue weighted by Crippen LogP contribution is 2.60. The molecular weight excluding hydrogens is 453 g/mol. The summed E-state index contributed by atoms with van der Waals surface area (Å²) in [6.45, 7) is 3.91. The van der Waals surface area contributed by atoms with Crippen LogP contribution in [0.25, 0.3) is 0 Å². The van der Waals surface area contributed by atoms with Gasteiger partial charge in [0, 0.05) is 13.1 Å². The van der Waals surface area contributed by atoms with Crippen molar-refractivity contribution in [2.75, 3.05) is 29.9 Å². The van der Waals surface area contributed by atoms with Crippen molar-refractivity contribution in [1.82, 2.24) is 15.2 Å². The lowest BCUT2D eigenvalue weighted by molar-refractivity contribution is -0.145. The minimum Gasteiger partial charge on any atom is -0.466 e. The van der Waals surface area contributed by atoms with Gasteiger partial charge in [-0.05, 0) is 61.4 Å². The molecule has 1 atom stereocenters. The van der Waals surface area contributed by atoms with Crippen molar-refractivity contribution in [3.63, 3.8) is 0 Å². The highest BCUT2D eigenvalue weighted by molar-refractivity contribution is 6.00. The molecule has 3 aromatic rings. The van der Waals surface area contributed by atoms with Gasteiger partial charge in [-0.1, -0.05) is 12.1 Å². The van der Waals surface area contributed by atoms with Crippen LogP contribution >= 0.6 is 0 Å². The standard InChI is InChI=1S/C25H26FN5O4/c1-2-34-24(33)19-14-25(19)9-11-31(12-10-25)20-8-7-18(15-27-20)28-22(32)23-30-29-21(35-23)13-16-3-5-17(26)6-4-16/h3-8,15,19H,2,9-14H2,1H3,(H,28,32). The molecule has 1 aromatic carbocycles. The zero-order valence-electron chi connectivity index (χ0n) is 19.4. The molecule has 1 N–H and O–H groups in total. The third-order valence-electron chi connectivity index (χ3n) is 6.78. The number of carbonyl (C=O) groups is 2. The second-order valence-corrected chi connectivity index (χ2v) is 9.02. The van der Waals surface area contributed by atoms with E-state index in [9.17, 15) is 14.0 Å². The van der Waals surface area contributed by atoms with Crippen LogP contribution in [0.15, 0.2) is 47.0 Å². The summed E-state index contributed by atoms with van der Waals surface area (Å²) in [5.74, 6) is 0.0430. The molecule has 3 heterocycles. The van der Waals surface area contributed by atoms with E-state index in [0.29, 0.717) is 18.7 Å². The van der Waals surface area contributed by atoms with E-state index in [4.69, 9.17) is 9.15 Å². The first-order valence-electron chi connectivity index (χ1n) is 11.7. The highest BCUT2D eigenvalue weighted by Gasteiger charge is 2.59. The molecule has 1 spiro atoms. The Morgan fingerprint density at radius 2 is 1.94 bits per heavy atom. The van der Waals surface area contributed by atoms with E-state index in [-0.39, 0.29) is 34.9 Å². The van der Waals surface area contributed by atoms with Crippen LogP contribution in [0.1, 0.15) is 48.3 Å². The number of hydrogen-bond acceptors (Lipinski definition) is 8. The molecule has 2 aliphatic rings. The summed E-state index contributed by atoms with van der Waals surface area (Å²) in [6.07, 6.45) is 4.68. The fourth-order valence-electron chi connectivity index (χ4n) is 4.68. The largest absolute Gasteiger partial charge is 0.466 e. The van der Waals surface area contributed by atoms with Gasteiger partial charge in [0.2, 0.25) is 5.89 Å². The average Bonchev–Trinajstić information content (AvgIpc) is 3.35. The number of benzene rings is 1. The summed E-state index contributed by atoms with van der Waals surface area (Å²) in [6, 6.07) is 9.58. The predicted octanol–water partition coefficient (Wildman–Crippen LogP) is 3.62. The molecule has 35 heavy (non-hydrogen) atoms. The molecule has 5 rings (SSSR count). The van der Waals surface area contributed by atoms with Crippen LogP contribution in [0.2, 0.25) is 0 Å². The van der Waals surface area contributed by atoms with Crippen molar-refractivity contribution in [3.05, 3.63) is 65.8 Å². The first-order valence-corrected chi connectivity index (χ1v) is 11.7. The predicted molar refractivity (Wildman–Crippen MR) is 124 cm³/mol. The molecule has 1 aliphatic carbocycles. The van der Waals surface area contributed by atoms with Gasteiger partial charge in [-0.3, -0.25) is 9.59 Å². The van der Waals surface area contributed by atoms with Crippen LogP contribution in [0.5, 0.6) is 0 Å². The SMILES string of the molecule is CCOC(=O)C1CC12CCN(c1ccc(NC(=O)c3nnc(Cc4ccc(F)cc4)o3)cn1)CC2. The number of amides is 1. The van der Waals surface area contributed by atoms with Crippen LogP contribution in [-0.4, -0.2) is 46.8 Å². The fraction of sp³-hybridized carbons (Fsp3) is 0.400. The van der Waals surface area contributed by atoms with Crippen LogP contribution in [-0.2, 0) is 16.0 Å². The number of rotatable bonds is 7. The summed E-state index contributed by atoms with van der Waals surface area (Å²) in [7, 11) is 0. The Morgan fingerprint density at radius 3 is 2.63 bits per heavy atom. The van der Waals surface area contributed by atoms with Gasteiger partial charge in [0.1, 0.15) is 11.6 Å². The maximum absolute atomic E-state index is 13.0. The third-order valence-corrected chi connectivity index (χ3v) is 6.78. The lowest BCUT2D eigenvalue weighted by atomic mass is 9.91. The molecule has 2 fully saturated rings. The van der Waals surface area contributed by atoms with E-state index in [1.54, 1.807) is 24.4 Å². The number of anilines is 2. The number of nitrogens with one attached hydrogen (secondary N) is 1. The molecule has 1 saturated heterocycles. The second kappa shape index (κ2) is 9.44. The summed E-state index contributed by atoms with van der Waals surface area (Å²) in [4.78, 5) is 31.2. The zero-order valence-corrected chi connectivity index (χ0v) is 19.4. The molecule has 0 radical (unpaired) electrons. The monoisotopic (exact) mass is 479 g/mol. The fourth-order valence-corrected chi connectivity index (χ4v) is 4.68. The number of ether oxygens (including phenoxy) is 1. The van der Waals surface area contributed by atoms with Gasteiger partial charge in [-0.15, -0.1) is 10.2 Å². The summed E-state index contributed by atoms with van der Waals surface area (Å²) in [5, 5.41) is 10.4. The number of hydrogen-bond donors (Lipinski definition) is 1. The number of halogens is 1. The number of piperidine rings is 1. The van der Waals surface area contributed by atoms with Crippen molar-refractivity contribution >= 4 is 23.4 Å². The molecule has 1 aliphatic heterocycles. The summed E-state index contributed by atoms with van der Waals surface area (Å²) < 4.78 is 23.7. The maximum atomic E-state index is 13.0. The van der Waals surface area contributed by atoms with Gasteiger partial charge < -0.3 is 19.4 Å². The Hall–Kier alpha value is -3.82. The summed E-state index contributed by atoms with van der Waals surface area (Å²) >= 11 is 0. The molecule has 1 amide bonds. The van der Waals surface area contributed by atoms with Gasteiger partial charge in [0.05, 0.1) is 30.8 Å². The first kappa shape index (κ1) is 22.9. The Labute approximate surface area is 201 Å². The van der Waals surface area contributed by atoms with Crippen molar-refractivity contribution in [1.29, 1.82) is 0 Å². The second-order valence-electron chi connectivity index (χ2n) is 9.02. The number of pyridine rings is 1. The molecular formula is C25H26FN5O4. The highest BCUT2D eigenvalue weighted by atomic mass is 19.1. The van der Waals surface area contributed by atoms with E-state index in [1.165, 1.54) is 12.1 Å². The van der Waals surface area contributed by atoms with Crippen molar-refractivity contribution in [2.45, 2.75) is 32.6 Å². The van der Waals surface area contributed by atoms with Crippen molar-refractivity contribution in [2.24, 2.45) is 11.3 Å².